The Bertz CT molecular complexity index is 357. The molecule has 0 saturated carbocycles. The summed E-state index contributed by atoms with van der Waals surface area (Å²) in [4.78, 5) is 8.87. The van der Waals surface area contributed by atoms with Gasteiger partial charge in [0.25, 0.3) is 0 Å². The number of aliphatic hydroxyl groups excluding tert-OH is 1. The highest BCUT2D eigenvalue weighted by molar-refractivity contribution is 5.48. The van der Waals surface area contributed by atoms with Gasteiger partial charge in [0, 0.05) is 31.7 Å². The number of aromatic nitrogens is 2. The van der Waals surface area contributed by atoms with Crippen molar-refractivity contribution < 1.29 is 5.11 Å². The molecule has 0 aliphatic heterocycles. The molecule has 1 rings (SSSR count). The van der Waals surface area contributed by atoms with Gasteiger partial charge in [-0.1, -0.05) is 6.92 Å². The van der Waals surface area contributed by atoms with Crippen LogP contribution in [0.4, 0.5) is 11.6 Å². The molecule has 1 aromatic heterocycles. The van der Waals surface area contributed by atoms with E-state index in [0.29, 0.717) is 6.04 Å². The molecule has 0 bridgehead atoms. The lowest BCUT2D eigenvalue weighted by atomic mass is 10.2. The molecule has 1 heterocycles. The molecule has 1 unspecified atom stereocenters. The highest BCUT2D eigenvalue weighted by atomic mass is 16.2. The maximum atomic E-state index is 8.81. The summed E-state index contributed by atoms with van der Waals surface area (Å²) >= 11 is 0. The molecule has 18 heavy (non-hydrogen) atoms. The fourth-order valence-electron chi connectivity index (χ4n) is 1.72. The molecular formula is C13H24N4O. The lowest BCUT2D eigenvalue weighted by Crippen LogP contribution is -2.17. The first-order chi connectivity index (χ1) is 8.69. The third kappa shape index (κ3) is 4.87. The standard InChI is InChI=1S/C13H24N4O/c1-4-11-16-12(14-5-2)9-13(17-11)15-10(3)7-6-8-18/h9-10,18H,4-8H2,1-3H3,(H2,14,15,16,17). The smallest absolute Gasteiger partial charge is 0.132 e. The van der Waals surface area contributed by atoms with Gasteiger partial charge in [-0.2, -0.15) is 0 Å². The van der Waals surface area contributed by atoms with Crippen molar-refractivity contribution in [3.8, 4) is 0 Å². The highest BCUT2D eigenvalue weighted by Crippen LogP contribution is 2.14. The second-order valence-corrected chi connectivity index (χ2v) is 4.35. The maximum absolute atomic E-state index is 8.81. The van der Waals surface area contributed by atoms with Crippen molar-refractivity contribution >= 4 is 11.6 Å². The number of aliphatic hydroxyl groups is 1. The van der Waals surface area contributed by atoms with Gasteiger partial charge in [-0.15, -0.1) is 0 Å². The lowest BCUT2D eigenvalue weighted by Gasteiger charge is -2.15. The summed E-state index contributed by atoms with van der Waals surface area (Å²) < 4.78 is 0. The van der Waals surface area contributed by atoms with E-state index in [-0.39, 0.29) is 6.61 Å². The molecule has 5 nitrogen and oxygen atoms in total. The minimum Gasteiger partial charge on any atom is -0.396 e. The van der Waals surface area contributed by atoms with Gasteiger partial charge >= 0.3 is 0 Å². The van der Waals surface area contributed by atoms with Gasteiger partial charge < -0.3 is 15.7 Å². The van der Waals surface area contributed by atoms with E-state index < -0.39 is 0 Å². The Hall–Kier alpha value is -1.36. The van der Waals surface area contributed by atoms with E-state index >= 15 is 0 Å². The van der Waals surface area contributed by atoms with Crippen molar-refractivity contribution in [2.45, 2.75) is 46.1 Å². The van der Waals surface area contributed by atoms with Crippen molar-refractivity contribution in [2.24, 2.45) is 0 Å². The van der Waals surface area contributed by atoms with Crippen molar-refractivity contribution in [3.05, 3.63) is 11.9 Å². The van der Waals surface area contributed by atoms with E-state index in [9.17, 15) is 0 Å². The maximum Gasteiger partial charge on any atom is 0.132 e. The zero-order valence-corrected chi connectivity index (χ0v) is 11.5. The van der Waals surface area contributed by atoms with Gasteiger partial charge in [0.05, 0.1) is 0 Å². The van der Waals surface area contributed by atoms with Crippen molar-refractivity contribution in [3.63, 3.8) is 0 Å². The first-order valence-electron chi connectivity index (χ1n) is 6.68. The van der Waals surface area contributed by atoms with Crippen LogP contribution in [0.5, 0.6) is 0 Å². The molecule has 0 aliphatic carbocycles. The van der Waals surface area contributed by atoms with Crippen LogP contribution in [-0.4, -0.2) is 34.3 Å². The molecule has 1 aromatic rings. The summed E-state index contributed by atoms with van der Waals surface area (Å²) in [6, 6.07) is 2.23. The average Bonchev–Trinajstić information content (AvgIpc) is 2.36. The number of hydrogen-bond acceptors (Lipinski definition) is 5. The Morgan fingerprint density at radius 3 is 2.61 bits per heavy atom. The minimum atomic E-state index is 0.235. The molecule has 1 atom stereocenters. The fourth-order valence-corrected chi connectivity index (χ4v) is 1.72. The quantitative estimate of drug-likeness (QED) is 0.660. The molecular weight excluding hydrogens is 228 g/mol. The van der Waals surface area contributed by atoms with Crippen LogP contribution >= 0.6 is 0 Å². The van der Waals surface area contributed by atoms with E-state index in [4.69, 9.17) is 5.11 Å². The van der Waals surface area contributed by atoms with Crippen LogP contribution in [0.25, 0.3) is 0 Å². The SMILES string of the molecule is CCNc1cc(NC(C)CCCO)nc(CC)n1. The van der Waals surface area contributed by atoms with Crippen LogP contribution < -0.4 is 10.6 Å². The van der Waals surface area contributed by atoms with Crippen molar-refractivity contribution in [2.75, 3.05) is 23.8 Å². The van der Waals surface area contributed by atoms with Gasteiger partial charge in [0.15, 0.2) is 0 Å². The van der Waals surface area contributed by atoms with E-state index in [2.05, 4.69) is 27.5 Å². The van der Waals surface area contributed by atoms with Crippen LogP contribution in [0.15, 0.2) is 6.07 Å². The molecule has 0 spiro atoms. The number of rotatable bonds is 8. The van der Waals surface area contributed by atoms with E-state index in [1.807, 2.05) is 19.9 Å². The van der Waals surface area contributed by atoms with Crippen LogP contribution in [-0.2, 0) is 6.42 Å². The number of nitrogens with zero attached hydrogens (tertiary/aromatic N) is 2. The summed E-state index contributed by atoms with van der Waals surface area (Å²) in [5.74, 6) is 2.55. The van der Waals surface area contributed by atoms with Crippen molar-refractivity contribution in [1.29, 1.82) is 0 Å². The molecule has 0 aliphatic rings. The second-order valence-electron chi connectivity index (χ2n) is 4.35. The summed E-state index contributed by atoms with van der Waals surface area (Å²) in [6.07, 6.45) is 2.55. The molecule has 0 radical (unpaired) electrons. The topological polar surface area (TPSA) is 70.1 Å². The number of nitrogens with one attached hydrogen (secondary N) is 2. The third-order valence-corrected chi connectivity index (χ3v) is 2.64. The summed E-state index contributed by atoms with van der Waals surface area (Å²) in [5, 5.41) is 15.4. The first-order valence-corrected chi connectivity index (χ1v) is 6.68. The Kier molecular flexibility index (Phi) is 6.43. The largest absolute Gasteiger partial charge is 0.396 e. The molecule has 5 heteroatoms. The Morgan fingerprint density at radius 2 is 2.00 bits per heavy atom. The summed E-state index contributed by atoms with van der Waals surface area (Å²) in [6.45, 7) is 7.27. The molecule has 3 N–H and O–H groups in total. The van der Waals surface area contributed by atoms with Crippen LogP contribution in [0, 0.1) is 0 Å². The van der Waals surface area contributed by atoms with Crippen LogP contribution in [0.1, 0.15) is 39.4 Å². The highest BCUT2D eigenvalue weighted by Gasteiger charge is 2.06. The predicted octanol–water partition coefficient (Wildman–Crippen LogP) is 2.04. The molecule has 0 saturated heterocycles. The summed E-state index contributed by atoms with van der Waals surface area (Å²) in [7, 11) is 0. The minimum absolute atomic E-state index is 0.235. The van der Waals surface area contributed by atoms with Gasteiger partial charge in [0.1, 0.15) is 17.5 Å². The van der Waals surface area contributed by atoms with Gasteiger partial charge in [-0.05, 0) is 26.7 Å². The fraction of sp³-hybridized carbons (Fsp3) is 0.692. The predicted molar refractivity (Wildman–Crippen MR) is 75.0 cm³/mol. The Labute approximate surface area is 109 Å². The van der Waals surface area contributed by atoms with Gasteiger partial charge in [-0.25, -0.2) is 9.97 Å². The zero-order valence-electron chi connectivity index (χ0n) is 11.5. The number of aryl methyl sites for hydroxylation is 1. The number of hydrogen-bond donors (Lipinski definition) is 3. The zero-order chi connectivity index (χ0) is 13.4. The van der Waals surface area contributed by atoms with Gasteiger partial charge in [0.2, 0.25) is 0 Å². The molecule has 0 amide bonds. The van der Waals surface area contributed by atoms with Gasteiger partial charge in [-0.3, -0.25) is 0 Å². The van der Waals surface area contributed by atoms with Crippen LogP contribution in [0.2, 0.25) is 0 Å². The first kappa shape index (κ1) is 14.7. The van der Waals surface area contributed by atoms with E-state index in [1.54, 1.807) is 0 Å². The number of anilines is 2. The summed E-state index contributed by atoms with van der Waals surface area (Å²) in [5.41, 5.74) is 0. The monoisotopic (exact) mass is 252 g/mol. The average molecular weight is 252 g/mol. The van der Waals surface area contributed by atoms with Crippen LogP contribution in [0.3, 0.4) is 0 Å². The normalized spacial score (nSPS) is 12.2. The second kappa shape index (κ2) is 7.87. The Balaban J connectivity index is 2.71. The van der Waals surface area contributed by atoms with Crippen molar-refractivity contribution in [1.82, 2.24) is 9.97 Å². The Morgan fingerprint density at radius 1 is 1.28 bits per heavy atom. The van der Waals surface area contributed by atoms with E-state index in [0.717, 1.165) is 43.3 Å². The molecule has 0 fully saturated rings. The third-order valence-electron chi connectivity index (χ3n) is 2.64. The van der Waals surface area contributed by atoms with E-state index in [1.165, 1.54) is 0 Å². The molecule has 102 valence electrons. The lowest BCUT2D eigenvalue weighted by molar-refractivity contribution is 0.282. The molecule has 0 aromatic carbocycles.